The first-order valence-electron chi connectivity index (χ1n) is 5.15. The van der Waals surface area contributed by atoms with Crippen LogP contribution in [0.5, 0.6) is 0 Å². The molecule has 0 spiro atoms. The topological polar surface area (TPSA) is 38.7 Å². The summed E-state index contributed by atoms with van der Waals surface area (Å²) >= 11 is 5.72. The van der Waals surface area contributed by atoms with E-state index in [1.165, 1.54) is 24.0 Å². The third-order valence-corrected chi connectivity index (χ3v) is 3.05. The van der Waals surface area contributed by atoms with Crippen molar-refractivity contribution in [3.05, 3.63) is 28.5 Å². The van der Waals surface area contributed by atoms with Crippen LogP contribution in [0.25, 0.3) is 11.0 Å². The number of rotatable bonds is 0. The summed E-state index contributed by atoms with van der Waals surface area (Å²) in [6.07, 6.45) is 4.83. The van der Waals surface area contributed by atoms with E-state index in [-0.39, 0.29) is 5.28 Å². The van der Waals surface area contributed by atoms with Crippen molar-refractivity contribution in [3.8, 4) is 0 Å². The fourth-order valence-electron chi connectivity index (χ4n) is 2.15. The lowest BCUT2D eigenvalue weighted by molar-refractivity contribution is 0.686. The van der Waals surface area contributed by atoms with E-state index in [0.717, 1.165) is 23.9 Å². The summed E-state index contributed by atoms with van der Waals surface area (Å²) in [6.45, 7) is 0. The van der Waals surface area contributed by atoms with Crippen LogP contribution in [-0.4, -0.2) is 15.2 Å². The molecule has 4 heteroatoms. The number of fused-ring (bicyclic) bond motifs is 2. The molecule has 0 fully saturated rings. The van der Waals surface area contributed by atoms with E-state index in [9.17, 15) is 0 Å². The lowest BCUT2D eigenvalue weighted by Gasteiger charge is -2.15. The van der Waals surface area contributed by atoms with Gasteiger partial charge in [-0.15, -0.1) is 10.2 Å². The largest absolute Gasteiger partial charge is 0.243 e. The Bertz CT molecular complexity index is 524. The molecule has 0 saturated heterocycles. The maximum Gasteiger partial charge on any atom is 0.243 e. The number of hydrogen-bond acceptors (Lipinski definition) is 3. The van der Waals surface area contributed by atoms with Crippen LogP contribution >= 0.6 is 11.6 Å². The van der Waals surface area contributed by atoms with Crippen molar-refractivity contribution in [2.24, 2.45) is 0 Å². The SMILES string of the molecule is Clc1nnc2cc3c(cc2n1)CCCC3. The van der Waals surface area contributed by atoms with Gasteiger partial charge in [0, 0.05) is 0 Å². The molecule has 0 atom stereocenters. The van der Waals surface area contributed by atoms with E-state index < -0.39 is 0 Å². The number of benzene rings is 1. The predicted octanol–water partition coefficient (Wildman–Crippen LogP) is 2.56. The number of hydrogen-bond donors (Lipinski definition) is 0. The average molecular weight is 220 g/mol. The third kappa shape index (κ3) is 1.57. The van der Waals surface area contributed by atoms with Gasteiger partial charge in [0.1, 0.15) is 5.52 Å². The van der Waals surface area contributed by atoms with Gasteiger partial charge in [0.25, 0.3) is 0 Å². The summed E-state index contributed by atoms with van der Waals surface area (Å²) in [5.41, 5.74) is 4.49. The Kier molecular flexibility index (Phi) is 2.06. The van der Waals surface area contributed by atoms with Crippen LogP contribution in [0, 0.1) is 0 Å². The molecule has 0 N–H and O–H groups in total. The Hall–Kier alpha value is -1.22. The molecular weight excluding hydrogens is 210 g/mol. The van der Waals surface area contributed by atoms with Gasteiger partial charge in [-0.25, -0.2) is 4.98 Å². The zero-order valence-electron chi connectivity index (χ0n) is 8.20. The Morgan fingerprint density at radius 1 is 0.933 bits per heavy atom. The Morgan fingerprint density at radius 2 is 1.60 bits per heavy atom. The standard InChI is InChI=1S/C11H10ClN3/c12-11-13-9-5-7-3-1-2-4-8(7)6-10(9)14-15-11/h5-6H,1-4H2. The molecule has 0 radical (unpaired) electrons. The van der Waals surface area contributed by atoms with Crippen LogP contribution in [0.3, 0.4) is 0 Å². The lowest BCUT2D eigenvalue weighted by atomic mass is 9.91. The zero-order valence-corrected chi connectivity index (χ0v) is 8.96. The first-order chi connectivity index (χ1) is 7.33. The highest BCUT2D eigenvalue weighted by Gasteiger charge is 2.11. The van der Waals surface area contributed by atoms with Crippen LogP contribution in [0.1, 0.15) is 24.0 Å². The molecule has 76 valence electrons. The smallest absolute Gasteiger partial charge is 0.215 e. The van der Waals surface area contributed by atoms with Gasteiger partial charge in [0.2, 0.25) is 5.28 Å². The fourth-order valence-corrected chi connectivity index (χ4v) is 2.28. The first-order valence-corrected chi connectivity index (χ1v) is 5.52. The highest BCUT2D eigenvalue weighted by Crippen LogP contribution is 2.24. The van der Waals surface area contributed by atoms with E-state index in [1.54, 1.807) is 0 Å². The van der Waals surface area contributed by atoms with E-state index in [0.29, 0.717) is 0 Å². The highest BCUT2D eigenvalue weighted by molar-refractivity contribution is 6.28. The van der Waals surface area contributed by atoms with Crippen molar-refractivity contribution in [3.63, 3.8) is 0 Å². The molecule has 15 heavy (non-hydrogen) atoms. The van der Waals surface area contributed by atoms with Gasteiger partial charge in [0.15, 0.2) is 0 Å². The zero-order chi connectivity index (χ0) is 10.3. The van der Waals surface area contributed by atoms with Crippen molar-refractivity contribution in [1.82, 2.24) is 15.2 Å². The minimum Gasteiger partial charge on any atom is -0.215 e. The lowest BCUT2D eigenvalue weighted by Crippen LogP contribution is -2.03. The molecule has 3 rings (SSSR count). The van der Waals surface area contributed by atoms with Gasteiger partial charge in [-0.3, -0.25) is 0 Å². The molecule has 1 aliphatic rings. The third-order valence-electron chi connectivity index (χ3n) is 2.89. The molecule has 3 nitrogen and oxygen atoms in total. The minimum absolute atomic E-state index is 0.221. The normalized spacial score (nSPS) is 15.3. The second-order valence-electron chi connectivity index (χ2n) is 3.90. The molecular formula is C11H10ClN3. The molecule has 1 heterocycles. The second-order valence-corrected chi connectivity index (χ2v) is 4.24. The van der Waals surface area contributed by atoms with E-state index in [4.69, 9.17) is 11.6 Å². The van der Waals surface area contributed by atoms with Gasteiger partial charge in [-0.1, -0.05) is 0 Å². The number of aromatic nitrogens is 3. The van der Waals surface area contributed by atoms with Crippen molar-refractivity contribution in [2.75, 3.05) is 0 Å². The fraction of sp³-hybridized carbons (Fsp3) is 0.364. The van der Waals surface area contributed by atoms with Gasteiger partial charge in [-0.05, 0) is 60.5 Å². The molecule has 0 unspecified atom stereocenters. The first kappa shape index (κ1) is 9.04. The molecule has 0 amide bonds. The second kappa shape index (κ2) is 3.42. The predicted molar refractivity (Wildman–Crippen MR) is 59.0 cm³/mol. The summed E-state index contributed by atoms with van der Waals surface area (Å²) in [5.74, 6) is 0. The highest BCUT2D eigenvalue weighted by atomic mass is 35.5. The summed E-state index contributed by atoms with van der Waals surface area (Å²) in [6, 6.07) is 4.20. The number of halogens is 1. The molecule has 1 aromatic carbocycles. The van der Waals surface area contributed by atoms with E-state index in [1.807, 2.05) is 0 Å². The maximum atomic E-state index is 5.72. The summed E-state index contributed by atoms with van der Waals surface area (Å²) in [7, 11) is 0. The van der Waals surface area contributed by atoms with Gasteiger partial charge >= 0.3 is 0 Å². The quantitative estimate of drug-likeness (QED) is 0.684. The van der Waals surface area contributed by atoms with Gasteiger partial charge in [0.05, 0.1) is 5.52 Å². The average Bonchev–Trinajstić information content (AvgIpc) is 2.26. The van der Waals surface area contributed by atoms with Gasteiger partial charge in [-0.2, -0.15) is 0 Å². The molecule has 1 aromatic heterocycles. The van der Waals surface area contributed by atoms with Crippen molar-refractivity contribution < 1.29 is 0 Å². The van der Waals surface area contributed by atoms with Crippen molar-refractivity contribution in [1.29, 1.82) is 0 Å². The molecule has 0 bridgehead atoms. The van der Waals surface area contributed by atoms with E-state index >= 15 is 0 Å². The minimum atomic E-state index is 0.221. The number of aryl methyl sites for hydroxylation is 2. The number of nitrogens with zero attached hydrogens (tertiary/aromatic N) is 3. The Labute approximate surface area is 92.5 Å². The molecule has 1 aliphatic carbocycles. The van der Waals surface area contributed by atoms with Crippen molar-refractivity contribution >= 4 is 22.6 Å². The molecule has 2 aromatic rings. The van der Waals surface area contributed by atoms with Crippen LogP contribution in [0.15, 0.2) is 12.1 Å². The summed E-state index contributed by atoms with van der Waals surface area (Å²) in [4.78, 5) is 4.18. The molecule has 0 saturated carbocycles. The maximum absolute atomic E-state index is 5.72. The monoisotopic (exact) mass is 219 g/mol. The summed E-state index contributed by atoms with van der Waals surface area (Å²) in [5, 5.41) is 8.03. The Balaban J connectivity index is 2.26. The van der Waals surface area contributed by atoms with E-state index in [2.05, 4.69) is 27.3 Å². The van der Waals surface area contributed by atoms with Gasteiger partial charge < -0.3 is 0 Å². The van der Waals surface area contributed by atoms with Crippen LogP contribution in [-0.2, 0) is 12.8 Å². The van der Waals surface area contributed by atoms with Crippen molar-refractivity contribution in [2.45, 2.75) is 25.7 Å². The summed E-state index contributed by atoms with van der Waals surface area (Å²) < 4.78 is 0. The molecule has 0 aliphatic heterocycles. The van der Waals surface area contributed by atoms with Crippen LogP contribution < -0.4 is 0 Å². The van der Waals surface area contributed by atoms with Crippen LogP contribution in [0.4, 0.5) is 0 Å². The van der Waals surface area contributed by atoms with Crippen LogP contribution in [0.2, 0.25) is 5.28 Å². The Morgan fingerprint density at radius 3 is 2.33 bits per heavy atom.